The van der Waals surface area contributed by atoms with E-state index in [1.54, 1.807) is 11.3 Å². The van der Waals surface area contributed by atoms with Crippen molar-refractivity contribution in [2.45, 2.75) is 25.0 Å². The predicted octanol–water partition coefficient (Wildman–Crippen LogP) is 4.00. The summed E-state index contributed by atoms with van der Waals surface area (Å²) in [6.45, 7) is 0. The lowest BCUT2D eigenvalue weighted by molar-refractivity contribution is -0.138. The van der Waals surface area contributed by atoms with Crippen molar-refractivity contribution in [1.82, 2.24) is 0 Å². The Hall–Kier alpha value is -0.000000000000000111. The lowest BCUT2D eigenvalue weighted by Gasteiger charge is -2.11. The zero-order chi connectivity index (χ0) is 11.6. The molecule has 2 rings (SSSR count). The van der Waals surface area contributed by atoms with E-state index >= 15 is 0 Å². The monoisotopic (exact) mass is 320 g/mol. The van der Waals surface area contributed by atoms with Gasteiger partial charge in [-0.3, -0.25) is 4.79 Å². The minimum Gasteiger partial charge on any atom is -0.481 e. The van der Waals surface area contributed by atoms with E-state index in [9.17, 15) is 4.79 Å². The number of aliphatic carboxylic acids is 1. The van der Waals surface area contributed by atoms with Gasteiger partial charge in [0.05, 0.1) is 6.42 Å². The molecule has 1 aliphatic rings. The molecule has 0 radical (unpaired) electrons. The van der Waals surface area contributed by atoms with Crippen LogP contribution in [0.5, 0.6) is 0 Å². The number of halogens is 1. The van der Waals surface area contributed by atoms with E-state index in [2.05, 4.69) is 27.4 Å². The highest BCUT2D eigenvalue weighted by Gasteiger charge is 2.44. The Morgan fingerprint density at radius 3 is 2.88 bits per heavy atom. The molecule has 5 heteroatoms. The van der Waals surface area contributed by atoms with Crippen LogP contribution in [0.2, 0.25) is 0 Å². The van der Waals surface area contributed by atoms with Crippen molar-refractivity contribution in [2.75, 3.05) is 5.75 Å². The molecule has 0 amide bonds. The van der Waals surface area contributed by atoms with Crippen LogP contribution in [0.1, 0.15) is 24.1 Å². The molecule has 0 aromatic carbocycles. The molecule has 1 fully saturated rings. The summed E-state index contributed by atoms with van der Waals surface area (Å²) >= 11 is 7.11. The van der Waals surface area contributed by atoms with E-state index in [4.69, 9.17) is 5.11 Å². The van der Waals surface area contributed by atoms with Gasteiger partial charge < -0.3 is 5.11 Å². The van der Waals surface area contributed by atoms with E-state index in [0.717, 1.165) is 24.3 Å². The van der Waals surface area contributed by atoms with Crippen molar-refractivity contribution < 1.29 is 9.90 Å². The Bertz CT molecular complexity index is 385. The number of rotatable bonds is 6. The van der Waals surface area contributed by atoms with Gasteiger partial charge in [0, 0.05) is 15.1 Å². The van der Waals surface area contributed by atoms with Gasteiger partial charge in [-0.05, 0) is 51.4 Å². The molecule has 0 unspecified atom stereocenters. The van der Waals surface area contributed by atoms with Gasteiger partial charge in [-0.1, -0.05) is 0 Å². The Labute approximate surface area is 112 Å². The summed E-state index contributed by atoms with van der Waals surface area (Å²) in [5, 5.41) is 10.9. The molecular formula is C11H13BrO2S2. The van der Waals surface area contributed by atoms with Gasteiger partial charge in [0.15, 0.2) is 0 Å². The smallest absolute Gasteiger partial charge is 0.303 e. The Morgan fingerprint density at radius 1 is 1.62 bits per heavy atom. The number of hydrogen-bond acceptors (Lipinski definition) is 3. The molecule has 1 aromatic heterocycles. The molecule has 1 aliphatic carbocycles. The molecule has 0 bridgehead atoms. The standard InChI is InChI=1S/C11H13BrO2S2/c12-8-1-4-16-9(8)6-15-7-11(2-3-11)5-10(13)14/h1,4H,2-3,5-7H2,(H,13,14). The van der Waals surface area contributed by atoms with Crippen molar-refractivity contribution in [3.05, 3.63) is 20.8 Å². The van der Waals surface area contributed by atoms with Crippen LogP contribution >= 0.6 is 39.0 Å². The van der Waals surface area contributed by atoms with Crippen LogP contribution in [0.4, 0.5) is 0 Å². The third-order valence-electron chi connectivity index (χ3n) is 2.82. The molecule has 88 valence electrons. The Balaban J connectivity index is 1.76. The second-order valence-electron chi connectivity index (χ2n) is 4.26. The third-order valence-corrected chi connectivity index (χ3v) is 6.23. The van der Waals surface area contributed by atoms with Crippen LogP contribution in [0.15, 0.2) is 15.9 Å². The fraction of sp³-hybridized carbons (Fsp3) is 0.545. The molecular weight excluding hydrogens is 308 g/mol. The summed E-state index contributed by atoms with van der Waals surface area (Å²) in [6.07, 6.45) is 2.50. The first-order valence-electron chi connectivity index (χ1n) is 5.13. The first-order valence-corrected chi connectivity index (χ1v) is 7.95. The Kier molecular flexibility index (Phi) is 3.97. The van der Waals surface area contributed by atoms with E-state index in [1.165, 1.54) is 9.35 Å². The maximum absolute atomic E-state index is 10.7. The topological polar surface area (TPSA) is 37.3 Å². The second kappa shape index (κ2) is 5.10. The average molecular weight is 321 g/mol. The molecule has 0 atom stereocenters. The molecule has 1 heterocycles. The molecule has 1 N–H and O–H groups in total. The first kappa shape index (κ1) is 12.5. The number of thiophene rings is 1. The fourth-order valence-corrected chi connectivity index (χ4v) is 4.91. The molecule has 1 saturated carbocycles. The summed E-state index contributed by atoms with van der Waals surface area (Å²) in [5.74, 6) is 1.30. The van der Waals surface area contributed by atoms with Crippen LogP contribution in [0.3, 0.4) is 0 Å². The summed E-state index contributed by atoms with van der Waals surface area (Å²) in [7, 11) is 0. The minimum absolute atomic E-state index is 0.111. The quantitative estimate of drug-likeness (QED) is 0.860. The van der Waals surface area contributed by atoms with Crippen LogP contribution in [-0.4, -0.2) is 16.8 Å². The summed E-state index contributed by atoms with van der Waals surface area (Å²) in [6, 6.07) is 2.06. The van der Waals surface area contributed by atoms with Crippen molar-refractivity contribution >= 4 is 45.0 Å². The summed E-state index contributed by atoms with van der Waals surface area (Å²) < 4.78 is 1.17. The van der Waals surface area contributed by atoms with E-state index in [-0.39, 0.29) is 5.41 Å². The van der Waals surface area contributed by atoms with E-state index in [1.807, 2.05) is 11.8 Å². The van der Waals surface area contributed by atoms with Gasteiger partial charge in [0.2, 0.25) is 0 Å². The van der Waals surface area contributed by atoms with E-state index < -0.39 is 5.97 Å². The van der Waals surface area contributed by atoms with Crippen molar-refractivity contribution in [3.8, 4) is 0 Å². The van der Waals surface area contributed by atoms with Gasteiger partial charge in [-0.15, -0.1) is 11.3 Å². The van der Waals surface area contributed by atoms with Gasteiger partial charge >= 0.3 is 5.97 Å². The van der Waals surface area contributed by atoms with Crippen molar-refractivity contribution in [3.63, 3.8) is 0 Å². The van der Waals surface area contributed by atoms with Crippen LogP contribution in [0, 0.1) is 5.41 Å². The van der Waals surface area contributed by atoms with Crippen molar-refractivity contribution in [2.24, 2.45) is 5.41 Å². The van der Waals surface area contributed by atoms with Crippen LogP contribution in [0.25, 0.3) is 0 Å². The highest BCUT2D eigenvalue weighted by Crippen LogP contribution is 2.51. The molecule has 0 aliphatic heterocycles. The lowest BCUT2D eigenvalue weighted by atomic mass is 10.1. The van der Waals surface area contributed by atoms with Gasteiger partial charge in [0.25, 0.3) is 0 Å². The Morgan fingerprint density at radius 2 is 2.38 bits per heavy atom. The summed E-state index contributed by atoms with van der Waals surface area (Å²) in [5.41, 5.74) is 0.111. The maximum atomic E-state index is 10.7. The predicted molar refractivity (Wildman–Crippen MR) is 72.1 cm³/mol. The normalized spacial score (nSPS) is 17.3. The second-order valence-corrected chi connectivity index (χ2v) is 7.10. The minimum atomic E-state index is -0.657. The molecule has 16 heavy (non-hydrogen) atoms. The molecule has 2 nitrogen and oxygen atoms in total. The molecule has 0 spiro atoms. The highest BCUT2D eigenvalue weighted by atomic mass is 79.9. The van der Waals surface area contributed by atoms with Gasteiger partial charge in [0.1, 0.15) is 0 Å². The van der Waals surface area contributed by atoms with Gasteiger partial charge in [-0.25, -0.2) is 0 Å². The maximum Gasteiger partial charge on any atom is 0.303 e. The van der Waals surface area contributed by atoms with E-state index in [0.29, 0.717) is 6.42 Å². The first-order chi connectivity index (χ1) is 7.61. The van der Waals surface area contributed by atoms with Crippen LogP contribution in [-0.2, 0) is 10.5 Å². The SMILES string of the molecule is O=C(O)CC1(CSCc2sccc2Br)CC1. The number of carbonyl (C=O) groups is 1. The molecule has 1 aromatic rings. The largest absolute Gasteiger partial charge is 0.481 e. The number of carboxylic acids is 1. The zero-order valence-corrected chi connectivity index (χ0v) is 12.0. The average Bonchev–Trinajstić information content (AvgIpc) is 2.82. The number of thioether (sulfide) groups is 1. The van der Waals surface area contributed by atoms with Crippen LogP contribution < -0.4 is 0 Å². The van der Waals surface area contributed by atoms with Crippen molar-refractivity contribution in [1.29, 1.82) is 0 Å². The fourth-order valence-electron chi connectivity index (χ4n) is 1.66. The third kappa shape index (κ3) is 3.25. The number of hydrogen-bond donors (Lipinski definition) is 1. The zero-order valence-electron chi connectivity index (χ0n) is 8.74. The summed E-state index contributed by atoms with van der Waals surface area (Å²) in [4.78, 5) is 12.0. The number of carboxylic acid groups (broad SMARTS) is 1. The molecule has 0 saturated heterocycles. The van der Waals surface area contributed by atoms with Gasteiger partial charge in [-0.2, -0.15) is 11.8 Å². The lowest BCUT2D eigenvalue weighted by Crippen LogP contribution is -2.11. The highest BCUT2D eigenvalue weighted by molar-refractivity contribution is 9.10.